The van der Waals surface area contributed by atoms with Crippen molar-refractivity contribution in [2.75, 3.05) is 5.32 Å². The number of nitrogens with one attached hydrogen (secondary N) is 2. The smallest absolute Gasteiger partial charge is 0.228 e. The summed E-state index contributed by atoms with van der Waals surface area (Å²) in [6, 6.07) is 9.17. The average molecular weight is 313 g/mol. The highest BCUT2D eigenvalue weighted by atomic mass is 19.2. The second kappa shape index (κ2) is 5.15. The number of amides is 1. The number of hydrogen-bond donors (Lipinski definition) is 2. The fourth-order valence-corrected chi connectivity index (χ4v) is 2.57. The maximum Gasteiger partial charge on any atom is 0.228 e. The van der Waals surface area contributed by atoms with Crippen molar-refractivity contribution in [3.63, 3.8) is 0 Å². The molecule has 1 amide bonds. The minimum Gasteiger partial charge on any atom is -0.308 e. The van der Waals surface area contributed by atoms with Crippen LogP contribution in [0, 0.1) is 17.6 Å². The maximum atomic E-state index is 13.9. The highest BCUT2D eigenvalue weighted by Gasteiger charge is 2.30. The Labute approximate surface area is 130 Å². The van der Waals surface area contributed by atoms with E-state index in [0.29, 0.717) is 16.9 Å². The molecule has 0 unspecified atom stereocenters. The topological polar surface area (TPSA) is 57.8 Å². The number of anilines is 1. The summed E-state index contributed by atoms with van der Waals surface area (Å²) in [5.41, 5.74) is 1.38. The van der Waals surface area contributed by atoms with Crippen LogP contribution in [0.5, 0.6) is 0 Å². The van der Waals surface area contributed by atoms with Crippen LogP contribution in [0.3, 0.4) is 0 Å². The summed E-state index contributed by atoms with van der Waals surface area (Å²) in [5.74, 6) is -1.25. The highest BCUT2D eigenvalue weighted by molar-refractivity contribution is 6.02. The van der Waals surface area contributed by atoms with E-state index in [-0.39, 0.29) is 17.4 Å². The zero-order valence-electron chi connectivity index (χ0n) is 12.1. The van der Waals surface area contributed by atoms with Gasteiger partial charge in [-0.1, -0.05) is 18.2 Å². The van der Waals surface area contributed by atoms with Gasteiger partial charge in [0.2, 0.25) is 5.91 Å². The van der Waals surface area contributed by atoms with E-state index in [9.17, 15) is 13.6 Å². The van der Waals surface area contributed by atoms with E-state index < -0.39 is 11.6 Å². The quantitative estimate of drug-likeness (QED) is 0.771. The Morgan fingerprint density at radius 3 is 2.83 bits per heavy atom. The summed E-state index contributed by atoms with van der Waals surface area (Å²) in [4.78, 5) is 11.8. The number of hydrogen-bond acceptors (Lipinski definition) is 2. The van der Waals surface area contributed by atoms with Crippen molar-refractivity contribution in [2.45, 2.75) is 12.8 Å². The Morgan fingerprint density at radius 2 is 2.04 bits per heavy atom. The molecule has 1 aromatic heterocycles. The molecule has 0 radical (unpaired) electrons. The van der Waals surface area contributed by atoms with Gasteiger partial charge in [-0.3, -0.25) is 9.89 Å². The van der Waals surface area contributed by atoms with Gasteiger partial charge < -0.3 is 5.32 Å². The molecule has 6 heteroatoms. The molecule has 4 nitrogen and oxygen atoms in total. The maximum absolute atomic E-state index is 13.9. The van der Waals surface area contributed by atoms with Crippen LogP contribution in [0.1, 0.15) is 12.8 Å². The first-order valence-corrected chi connectivity index (χ1v) is 7.37. The van der Waals surface area contributed by atoms with Crippen LogP contribution in [0.25, 0.3) is 22.0 Å². The molecule has 4 rings (SSSR count). The molecule has 2 aromatic carbocycles. The lowest BCUT2D eigenvalue weighted by Crippen LogP contribution is -2.13. The van der Waals surface area contributed by atoms with E-state index >= 15 is 0 Å². The largest absolute Gasteiger partial charge is 0.308 e. The standard InChI is InChI=1S/C17H13F2N3O/c18-13-3-1-2-11(15(13)19)10-6-7-12-14(8-10)21-22-16(12)20-17(23)9-4-5-9/h1-3,6-9H,4-5H2,(H2,20,21,22,23). The second-order valence-corrected chi connectivity index (χ2v) is 5.70. The Hall–Kier alpha value is -2.76. The number of halogens is 2. The molecule has 116 valence electrons. The molecule has 0 spiro atoms. The lowest BCUT2D eigenvalue weighted by atomic mass is 10.0. The van der Waals surface area contributed by atoms with Gasteiger partial charge in [0.15, 0.2) is 17.5 Å². The van der Waals surface area contributed by atoms with Crippen molar-refractivity contribution >= 4 is 22.6 Å². The molecule has 1 aliphatic carbocycles. The molecule has 1 heterocycles. The number of fused-ring (bicyclic) bond motifs is 1. The van der Waals surface area contributed by atoms with Crippen molar-refractivity contribution < 1.29 is 13.6 Å². The summed E-state index contributed by atoms with van der Waals surface area (Å²) in [6.45, 7) is 0. The summed E-state index contributed by atoms with van der Waals surface area (Å²) < 4.78 is 27.3. The third kappa shape index (κ3) is 2.46. The summed E-state index contributed by atoms with van der Waals surface area (Å²) in [6.07, 6.45) is 1.83. The fraction of sp³-hybridized carbons (Fsp3) is 0.176. The summed E-state index contributed by atoms with van der Waals surface area (Å²) in [7, 11) is 0. The summed E-state index contributed by atoms with van der Waals surface area (Å²) in [5, 5.41) is 10.4. The minimum atomic E-state index is -0.885. The number of aromatic nitrogens is 2. The Kier molecular flexibility index (Phi) is 3.11. The molecule has 1 saturated carbocycles. The lowest BCUT2D eigenvalue weighted by Gasteiger charge is -2.05. The fourth-order valence-electron chi connectivity index (χ4n) is 2.57. The van der Waals surface area contributed by atoms with E-state index in [1.54, 1.807) is 18.2 Å². The van der Waals surface area contributed by atoms with E-state index in [4.69, 9.17) is 0 Å². The first-order valence-electron chi connectivity index (χ1n) is 7.37. The lowest BCUT2D eigenvalue weighted by molar-refractivity contribution is -0.117. The van der Waals surface area contributed by atoms with Gasteiger partial charge in [0.05, 0.1) is 5.52 Å². The van der Waals surface area contributed by atoms with Crippen molar-refractivity contribution in [1.82, 2.24) is 10.2 Å². The monoisotopic (exact) mass is 313 g/mol. The van der Waals surface area contributed by atoms with E-state index in [1.807, 2.05) is 0 Å². The van der Waals surface area contributed by atoms with Gasteiger partial charge in [-0.15, -0.1) is 0 Å². The van der Waals surface area contributed by atoms with Crippen molar-refractivity contribution in [1.29, 1.82) is 0 Å². The van der Waals surface area contributed by atoms with Crippen LogP contribution < -0.4 is 5.32 Å². The number of nitrogens with zero attached hydrogens (tertiary/aromatic N) is 1. The minimum absolute atomic E-state index is 0.0290. The van der Waals surface area contributed by atoms with Crippen LogP contribution in [0.4, 0.5) is 14.6 Å². The number of carbonyl (C=O) groups is 1. The van der Waals surface area contributed by atoms with Crippen molar-refractivity contribution in [2.24, 2.45) is 5.92 Å². The third-order valence-corrected chi connectivity index (χ3v) is 4.02. The van der Waals surface area contributed by atoms with Crippen molar-refractivity contribution in [3.05, 3.63) is 48.0 Å². The molecule has 0 atom stereocenters. The first-order chi connectivity index (χ1) is 11.1. The number of H-pyrrole nitrogens is 1. The molecule has 3 aromatic rings. The predicted octanol–water partition coefficient (Wildman–Crippen LogP) is 3.86. The van der Waals surface area contributed by atoms with Crippen LogP contribution in [0.15, 0.2) is 36.4 Å². The predicted molar refractivity (Wildman–Crippen MR) is 82.8 cm³/mol. The molecule has 23 heavy (non-hydrogen) atoms. The third-order valence-electron chi connectivity index (χ3n) is 4.02. The van der Waals surface area contributed by atoms with Gasteiger partial charge >= 0.3 is 0 Å². The van der Waals surface area contributed by atoms with Gasteiger partial charge in [0.25, 0.3) is 0 Å². The molecule has 0 saturated heterocycles. The van der Waals surface area contributed by atoms with E-state index in [1.165, 1.54) is 12.1 Å². The molecule has 0 aliphatic heterocycles. The number of benzene rings is 2. The van der Waals surface area contributed by atoms with E-state index in [2.05, 4.69) is 15.5 Å². The SMILES string of the molecule is O=C(Nc1n[nH]c2cc(-c3cccc(F)c3F)ccc12)C1CC1. The zero-order valence-corrected chi connectivity index (χ0v) is 12.1. The Balaban J connectivity index is 1.71. The highest BCUT2D eigenvalue weighted by Crippen LogP contribution is 2.32. The molecule has 2 N–H and O–H groups in total. The van der Waals surface area contributed by atoms with Gasteiger partial charge in [-0.2, -0.15) is 5.10 Å². The molecular weight excluding hydrogens is 300 g/mol. The van der Waals surface area contributed by atoms with Crippen LogP contribution in [0.2, 0.25) is 0 Å². The molecular formula is C17H13F2N3O. The Morgan fingerprint density at radius 1 is 1.22 bits per heavy atom. The number of carbonyl (C=O) groups excluding carboxylic acids is 1. The van der Waals surface area contributed by atoms with Crippen molar-refractivity contribution in [3.8, 4) is 11.1 Å². The normalized spacial score (nSPS) is 14.2. The summed E-state index contributed by atoms with van der Waals surface area (Å²) >= 11 is 0. The van der Waals surface area contributed by atoms with Crippen LogP contribution >= 0.6 is 0 Å². The second-order valence-electron chi connectivity index (χ2n) is 5.70. The molecule has 1 aliphatic rings. The van der Waals surface area contributed by atoms with Gasteiger partial charge in [0.1, 0.15) is 0 Å². The molecule has 1 fully saturated rings. The zero-order chi connectivity index (χ0) is 16.0. The van der Waals surface area contributed by atoms with E-state index in [0.717, 1.165) is 24.3 Å². The van der Waals surface area contributed by atoms with Gasteiger partial charge in [-0.25, -0.2) is 8.78 Å². The van der Waals surface area contributed by atoms with Gasteiger partial charge in [0, 0.05) is 16.9 Å². The number of aromatic amines is 1. The first kappa shape index (κ1) is 13.9. The Bertz CT molecular complexity index is 915. The van der Waals surface area contributed by atoms with Crippen LogP contribution in [-0.2, 0) is 4.79 Å². The molecule has 0 bridgehead atoms. The average Bonchev–Trinajstić information content (AvgIpc) is 3.33. The number of rotatable bonds is 3. The van der Waals surface area contributed by atoms with Gasteiger partial charge in [-0.05, 0) is 36.6 Å². The van der Waals surface area contributed by atoms with Crippen LogP contribution in [-0.4, -0.2) is 16.1 Å².